The summed E-state index contributed by atoms with van der Waals surface area (Å²) in [4.78, 5) is 2.18. The maximum Gasteiger partial charge on any atom is 0.0558 e. The number of rotatable bonds is 5. The van der Waals surface area contributed by atoms with Crippen molar-refractivity contribution in [2.45, 2.75) is 25.3 Å². The van der Waals surface area contributed by atoms with E-state index in [-0.39, 0.29) is 6.61 Å². The zero-order valence-electron chi connectivity index (χ0n) is 7.92. The molecule has 1 aliphatic heterocycles. The Kier molecular flexibility index (Phi) is 4.58. The Bertz CT molecular complexity index is 113. The molecular formula is C9H20N2O. The summed E-state index contributed by atoms with van der Waals surface area (Å²) in [5, 5.41) is 12.1. The van der Waals surface area contributed by atoms with Gasteiger partial charge in [-0.1, -0.05) is 0 Å². The average molecular weight is 172 g/mol. The molecule has 1 atom stereocenters. The number of nitrogens with zero attached hydrogens (tertiary/aromatic N) is 1. The summed E-state index contributed by atoms with van der Waals surface area (Å²) in [5.74, 6) is 0. The first kappa shape index (κ1) is 9.96. The van der Waals surface area contributed by atoms with E-state index in [4.69, 9.17) is 5.11 Å². The molecule has 0 aromatic carbocycles. The lowest BCUT2D eigenvalue weighted by Crippen LogP contribution is -2.29. The third kappa shape index (κ3) is 3.52. The van der Waals surface area contributed by atoms with Gasteiger partial charge in [0.1, 0.15) is 0 Å². The van der Waals surface area contributed by atoms with Gasteiger partial charge in [-0.3, -0.25) is 0 Å². The van der Waals surface area contributed by atoms with E-state index in [0.717, 1.165) is 19.1 Å². The third-order valence-electron chi connectivity index (χ3n) is 2.50. The monoisotopic (exact) mass is 172 g/mol. The van der Waals surface area contributed by atoms with Crippen LogP contribution in [0.2, 0.25) is 0 Å². The Balaban J connectivity index is 1.99. The van der Waals surface area contributed by atoms with Gasteiger partial charge in [0.25, 0.3) is 0 Å². The van der Waals surface area contributed by atoms with Gasteiger partial charge in [-0.2, -0.15) is 0 Å². The highest BCUT2D eigenvalue weighted by Gasteiger charge is 2.13. The fourth-order valence-electron chi connectivity index (χ4n) is 1.66. The van der Waals surface area contributed by atoms with Crippen LogP contribution in [0.25, 0.3) is 0 Å². The predicted molar refractivity (Wildman–Crippen MR) is 50.2 cm³/mol. The molecule has 72 valence electrons. The van der Waals surface area contributed by atoms with Crippen molar-refractivity contribution in [1.82, 2.24) is 10.2 Å². The lowest BCUT2D eigenvalue weighted by molar-refractivity contribution is 0.216. The molecule has 12 heavy (non-hydrogen) atoms. The minimum Gasteiger partial charge on any atom is -0.395 e. The summed E-state index contributed by atoms with van der Waals surface area (Å²) in [7, 11) is 2.06. The van der Waals surface area contributed by atoms with Crippen molar-refractivity contribution >= 4 is 0 Å². The van der Waals surface area contributed by atoms with Crippen molar-refractivity contribution in [1.29, 1.82) is 0 Å². The summed E-state index contributed by atoms with van der Waals surface area (Å²) in [5.41, 5.74) is 0. The predicted octanol–water partition coefficient (Wildman–Crippen LogP) is 0.0526. The molecule has 1 unspecified atom stereocenters. The van der Waals surface area contributed by atoms with Crippen molar-refractivity contribution in [2.24, 2.45) is 0 Å². The van der Waals surface area contributed by atoms with Gasteiger partial charge in [-0.25, -0.2) is 0 Å². The molecule has 1 rings (SSSR count). The lowest BCUT2D eigenvalue weighted by Gasteiger charge is -2.17. The summed E-state index contributed by atoms with van der Waals surface area (Å²) >= 11 is 0. The lowest BCUT2D eigenvalue weighted by atomic mass is 10.1. The number of nitrogens with one attached hydrogen (secondary N) is 1. The molecule has 0 aromatic heterocycles. The highest BCUT2D eigenvalue weighted by Crippen LogP contribution is 2.08. The molecule has 0 aliphatic carbocycles. The minimum atomic E-state index is 0.272. The molecule has 1 heterocycles. The molecule has 0 spiro atoms. The Morgan fingerprint density at radius 2 is 2.33 bits per heavy atom. The Morgan fingerprint density at radius 1 is 1.50 bits per heavy atom. The summed E-state index contributed by atoms with van der Waals surface area (Å²) in [6, 6.07) is 0.728. The van der Waals surface area contributed by atoms with Crippen molar-refractivity contribution in [3.63, 3.8) is 0 Å². The van der Waals surface area contributed by atoms with Crippen LogP contribution in [-0.4, -0.2) is 49.3 Å². The van der Waals surface area contributed by atoms with E-state index in [2.05, 4.69) is 17.3 Å². The van der Waals surface area contributed by atoms with Gasteiger partial charge in [0, 0.05) is 12.6 Å². The highest BCUT2D eigenvalue weighted by molar-refractivity contribution is 4.74. The van der Waals surface area contributed by atoms with E-state index in [1.54, 1.807) is 0 Å². The molecule has 0 saturated carbocycles. The van der Waals surface area contributed by atoms with Crippen LogP contribution >= 0.6 is 0 Å². The molecule has 1 aliphatic rings. The van der Waals surface area contributed by atoms with Gasteiger partial charge < -0.3 is 15.3 Å². The zero-order valence-corrected chi connectivity index (χ0v) is 7.92. The van der Waals surface area contributed by atoms with Crippen molar-refractivity contribution in [3.8, 4) is 0 Å². The van der Waals surface area contributed by atoms with Crippen molar-refractivity contribution < 1.29 is 5.11 Å². The van der Waals surface area contributed by atoms with Gasteiger partial charge in [0.05, 0.1) is 6.61 Å². The maximum absolute atomic E-state index is 8.67. The van der Waals surface area contributed by atoms with Gasteiger partial charge in [-0.15, -0.1) is 0 Å². The minimum absolute atomic E-state index is 0.272. The molecule has 0 bridgehead atoms. The van der Waals surface area contributed by atoms with Crippen LogP contribution in [0.4, 0.5) is 0 Å². The quantitative estimate of drug-likeness (QED) is 0.615. The first-order valence-corrected chi connectivity index (χ1v) is 4.85. The van der Waals surface area contributed by atoms with Crippen LogP contribution in [0.5, 0.6) is 0 Å². The van der Waals surface area contributed by atoms with E-state index in [0.29, 0.717) is 0 Å². The van der Waals surface area contributed by atoms with Gasteiger partial charge >= 0.3 is 0 Å². The van der Waals surface area contributed by atoms with E-state index in [9.17, 15) is 0 Å². The van der Waals surface area contributed by atoms with Crippen LogP contribution in [0.3, 0.4) is 0 Å². The summed E-state index contributed by atoms with van der Waals surface area (Å²) < 4.78 is 0. The van der Waals surface area contributed by atoms with Crippen LogP contribution in [0.15, 0.2) is 0 Å². The number of aliphatic hydroxyl groups is 1. The summed E-state index contributed by atoms with van der Waals surface area (Å²) in [6.07, 6.45) is 3.87. The SMILES string of the molecule is CN(CCO)CCC1CCCN1. The van der Waals surface area contributed by atoms with Crippen molar-refractivity contribution in [3.05, 3.63) is 0 Å². The number of hydrogen-bond donors (Lipinski definition) is 2. The summed E-state index contributed by atoms with van der Waals surface area (Å²) in [6.45, 7) is 3.36. The first-order valence-electron chi connectivity index (χ1n) is 4.85. The van der Waals surface area contributed by atoms with Crippen LogP contribution in [-0.2, 0) is 0 Å². The number of aliphatic hydroxyl groups excluding tert-OH is 1. The molecular weight excluding hydrogens is 152 g/mol. The molecule has 3 nitrogen and oxygen atoms in total. The smallest absolute Gasteiger partial charge is 0.0558 e. The number of likely N-dealkylation sites (N-methyl/N-ethyl adjacent to an activating group) is 1. The van der Waals surface area contributed by atoms with Gasteiger partial charge in [-0.05, 0) is 39.4 Å². The molecule has 1 saturated heterocycles. The Hall–Kier alpha value is -0.120. The molecule has 0 radical (unpaired) electrons. The molecule has 1 fully saturated rings. The third-order valence-corrected chi connectivity index (χ3v) is 2.50. The Morgan fingerprint density at radius 3 is 2.92 bits per heavy atom. The van der Waals surface area contributed by atoms with E-state index in [1.807, 2.05) is 0 Å². The van der Waals surface area contributed by atoms with Crippen LogP contribution < -0.4 is 5.32 Å². The Labute approximate surface area is 74.8 Å². The molecule has 0 amide bonds. The van der Waals surface area contributed by atoms with Crippen molar-refractivity contribution in [2.75, 3.05) is 33.3 Å². The van der Waals surface area contributed by atoms with E-state index >= 15 is 0 Å². The van der Waals surface area contributed by atoms with Gasteiger partial charge in [0.15, 0.2) is 0 Å². The van der Waals surface area contributed by atoms with E-state index in [1.165, 1.54) is 25.8 Å². The zero-order chi connectivity index (χ0) is 8.81. The van der Waals surface area contributed by atoms with E-state index < -0.39 is 0 Å². The van der Waals surface area contributed by atoms with Crippen LogP contribution in [0.1, 0.15) is 19.3 Å². The highest BCUT2D eigenvalue weighted by atomic mass is 16.3. The first-order chi connectivity index (χ1) is 5.83. The molecule has 0 aromatic rings. The second kappa shape index (κ2) is 5.51. The average Bonchev–Trinajstić information content (AvgIpc) is 2.53. The van der Waals surface area contributed by atoms with Gasteiger partial charge in [0.2, 0.25) is 0 Å². The second-order valence-corrected chi connectivity index (χ2v) is 3.61. The molecule has 2 N–H and O–H groups in total. The second-order valence-electron chi connectivity index (χ2n) is 3.61. The normalized spacial score (nSPS) is 23.8. The largest absolute Gasteiger partial charge is 0.395 e. The number of hydrogen-bond acceptors (Lipinski definition) is 3. The standard InChI is InChI=1S/C9H20N2O/c1-11(7-8-12)6-4-9-3-2-5-10-9/h9-10,12H,2-8H2,1H3. The maximum atomic E-state index is 8.67. The fourth-order valence-corrected chi connectivity index (χ4v) is 1.66. The topological polar surface area (TPSA) is 35.5 Å². The molecule has 3 heteroatoms. The van der Waals surface area contributed by atoms with Crippen LogP contribution in [0, 0.1) is 0 Å². The fraction of sp³-hybridized carbons (Fsp3) is 1.00.